The Morgan fingerprint density at radius 3 is 2.85 bits per heavy atom. The minimum absolute atomic E-state index is 0.0363. The molecule has 5 heteroatoms. The number of nitrogens with zero attached hydrogens (tertiary/aromatic N) is 3. The molecule has 1 N–H and O–H groups in total. The number of piperidine rings is 1. The van der Waals surface area contributed by atoms with E-state index in [1.807, 2.05) is 25.3 Å². The van der Waals surface area contributed by atoms with Gasteiger partial charge in [-0.05, 0) is 31.4 Å². The van der Waals surface area contributed by atoms with Crippen molar-refractivity contribution in [2.24, 2.45) is 0 Å². The molecule has 0 spiro atoms. The fourth-order valence-electron chi connectivity index (χ4n) is 2.65. The largest absolute Gasteiger partial charge is 0.393 e. The summed E-state index contributed by atoms with van der Waals surface area (Å²) >= 11 is 0. The maximum Gasteiger partial charge on any atom is 0.258 e. The van der Waals surface area contributed by atoms with Crippen LogP contribution in [0.1, 0.15) is 24.1 Å². The smallest absolute Gasteiger partial charge is 0.258 e. The summed E-state index contributed by atoms with van der Waals surface area (Å²) in [5.74, 6) is 0. The van der Waals surface area contributed by atoms with Crippen molar-refractivity contribution in [3.63, 3.8) is 0 Å². The zero-order valence-electron chi connectivity index (χ0n) is 11.6. The lowest BCUT2D eigenvalue weighted by Gasteiger charge is -2.29. The van der Waals surface area contributed by atoms with Gasteiger partial charge in [0, 0.05) is 31.9 Å². The van der Waals surface area contributed by atoms with Crippen molar-refractivity contribution in [2.75, 3.05) is 13.1 Å². The highest BCUT2D eigenvalue weighted by Gasteiger charge is 2.17. The van der Waals surface area contributed by atoms with Crippen molar-refractivity contribution in [1.82, 2.24) is 14.3 Å². The summed E-state index contributed by atoms with van der Waals surface area (Å²) in [5, 5.41) is 9.51. The van der Waals surface area contributed by atoms with Gasteiger partial charge in [0.15, 0.2) is 0 Å². The Bertz CT molecular complexity index is 672. The van der Waals surface area contributed by atoms with Gasteiger partial charge < -0.3 is 5.11 Å². The SMILES string of the molecule is Cc1ccc2nc(CN3CCC(O)CC3)cc(=O)n2c1. The molecule has 3 rings (SSSR count). The highest BCUT2D eigenvalue weighted by Crippen LogP contribution is 2.12. The highest BCUT2D eigenvalue weighted by atomic mass is 16.3. The fourth-order valence-corrected chi connectivity index (χ4v) is 2.65. The van der Waals surface area contributed by atoms with Crippen LogP contribution >= 0.6 is 0 Å². The van der Waals surface area contributed by atoms with E-state index in [0.717, 1.165) is 37.2 Å². The molecule has 0 saturated carbocycles. The number of aryl methyl sites for hydroxylation is 1. The lowest BCUT2D eigenvalue weighted by atomic mass is 10.1. The molecule has 0 aliphatic carbocycles. The van der Waals surface area contributed by atoms with Crippen molar-refractivity contribution in [1.29, 1.82) is 0 Å². The molecule has 0 aromatic carbocycles. The third-order valence-corrected chi connectivity index (χ3v) is 3.80. The van der Waals surface area contributed by atoms with E-state index in [2.05, 4.69) is 9.88 Å². The topological polar surface area (TPSA) is 57.8 Å². The number of pyridine rings is 1. The molecule has 106 valence electrons. The molecule has 1 saturated heterocycles. The summed E-state index contributed by atoms with van der Waals surface area (Å²) < 4.78 is 1.58. The zero-order chi connectivity index (χ0) is 14.1. The first-order valence-electron chi connectivity index (χ1n) is 7.01. The maximum absolute atomic E-state index is 12.1. The van der Waals surface area contributed by atoms with Gasteiger partial charge in [0.05, 0.1) is 11.8 Å². The lowest BCUT2D eigenvalue weighted by molar-refractivity contribution is 0.0787. The molecule has 20 heavy (non-hydrogen) atoms. The second-order valence-corrected chi connectivity index (χ2v) is 5.53. The summed E-state index contributed by atoms with van der Waals surface area (Å²) in [6, 6.07) is 5.44. The zero-order valence-corrected chi connectivity index (χ0v) is 11.6. The Labute approximate surface area is 117 Å². The van der Waals surface area contributed by atoms with Gasteiger partial charge in [-0.15, -0.1) is 0 Å². The second-order valence-electron chi connectivity index (χ2n) is 5.53. The fraction of sp³-hybridized carbons (Fsp3) is 0.467. The first-order chi connectivity index (χ1) is 9.61. The summed E-state index contributed by atoms with van der Waals surface area (Å²) in [7, 11) is 0. The molecule has 0 unspecified atom stereocenters. The van der Waals surface area contributed by atoms with Crippen molar-refractivity contribution in [3.8, 4) is 0 Å². The molecule has 0 atom stereocenters. The Balaban J connectivity index is 1.85. The van der Waals surface area contributed by atoms with Gasteiger partial charge in [-0.2, -0.15) is 0 Å². The van der Waals surface area contributed by atoms with Crippen LogP contribution in [-0.4, -0.2) is 38.6 Å². The van der Waals surface area contributed by atoms with E-state index in [9.17, 15) is 9.90 Å². The number of aromatic nitrogens is 2. The molecule has 1 aliphatic rings. The number of aliphatic hydroxyl groups is 1. The molecule has 0 radical (unpaired) electrons. The average molecular weight is 273 g/mol. The number of rotatable bonds is 2. The predicted molar refractivity (Wildman–Crippen MR) is 76.7 cm³/mol. The highest BCUT2D eigenvalue weighted by molar-refractivity contribution is 5.39. The van der Waals surface area contributed by atoms with Crippen LogP contribution in [0.2, 0.25) is 0 Å². The second kappa shape index (κ2) is 5.34. The summed E-state index contributed by atoms with van der Waals surface area (Å²) in [6.07, 6.45) is 3.23. The van der Waals surface area contributed by atoms with Crippen LogP contribution in [-0.2, 0) is 6.54 Å². The molecule has 2 aromatic rings. The van der Waals surface area contributed by atoms with Crippen LogP contribution in [0.4, 0.5) is 0 Å². The lowest BCUT2D eigenvalue weighted by Crippen LogP contribution is -2.35. The molecule has 0 amide bonds. The molecule has 1 fully saturated rings. The van der Waals surface area contributed by atoms with Crippen molar-refractivity contribution >= 4 is 5.65 Å². The molecular weight excluding hydrogens is 254 g/mol. The Hall–Kier alpha value is -1.72. The van der Waals surface area contributed by atoms with Crippen LogP contribution in [0.3, 0.4) is 0 Å². The quantitative estimate of drug-likeness (QED) is 0.885. The van der Waals surface area contributed by atoms with Crippen molar-refractivity contribution in [2.45, 2.75) is 32.4 Å². The minimum Gasteiger partial charge on any atom is -0.393 e. The third-order valence-electron chi connectivity index (χ3n) is 3.80. The average Bonchev–Trinajstić information content (AvgIpc) is 2.42. The van der Waals surface area contributed by atoms with Gasteiger partial charge in [-0.25, -0.2) is 4.98 Å². The normalized spacial score (nSPS) is 17.7. The van der Waals surface area contributed by atoms with E-state index in [-0.39, 0.29) is 11.7 Å². The first kappa shape index (κ1) is 13.3. The Morgan fingerprint density at radius 2 is 2.10 bits per heavy atom. The van der Waals surface area contributed by atoms with Crippen LogP contribution in [0.15, 0.2) is 29.2 Å². The summed E-state index contributed by atoms with van der Waals surface area (Å²) in [4.78, 5) is 18.9. The van der Waals surface area contributed by atoms with Crippen LogP contribution < -0.4 is 5.56 Å². The Morgan fingerprint density at radius 1 is 1.35 bits per heavy atom. The first-order valence-corrected chi connectivity index (χ1v) is 7.01. The minimum atomic E-state index is -0.176. The van der Waals surface area contributed by atoms with E-state index in [4.69, 9.17) is 0 Å². The maximum atomic E-state index is 12.1. The number of hydrogen-bond acceptors (Lipinski definition) is 4. The third kappa shape index (κ3) is 2.73. The van der Waals surface area contributed by atoms with Crippen LogP contribution in [0, 0.1) is 6.92 Å². The van der Waals surface area contributed by atoms with E-state index >= 15 is 0 Å². The molecule has 3 heterocycles. The van der Waals surface area contributed by atoms with Crippen LogP contribution in [0.25, 0.3) is 5.65 Å². The molecule has 0 bridgehead atoms. The monoisotopic (exact) mass is 273 g/mol. The van der Waals surface area contributed by atoms with Gasteiger partial charge in [0.2, 0.25) is 0 Å². The number of fused-ring (bicyclic) bond motifs is 1. The Kier molecular flexibility index (Phi) is 3.54. The van der Waals surface area contributed by atoms with Crippen molar-refractivity contribution in [3.05, 3.63) is 46.0 Å². The van der Waals surface area contributed by atoms with Gasteiger partial charge in [-0.1, -0.05) is 6.07 Å². The van der Waals surface area contributed by atoms with Gasteiger partial charge in [0.25, 0.3) is 5.56 Å². The number of hydrogen-bond donors (Lipinski definition) is 1. The van der Waals surface area contributed by atoms with E-state index in [1.54, 1.807) is 10.5 Å². The number of aliphatic hydroxyl groups excluding tert-OH is 1. The summed E-state index contributed by atoms with van der Waals surface area (Å²) in [5.41, 5.74) is 2.50. The van der Waals surface area contributed by atoms with E-state index in [1.165, 1.54) is 0 Å². The van der Waals surface area contributed by atoms with Crippen LogP contribution in [0.5, 0.6) is 0 Å². The standard InChI is InChI=1S/C15H19N3O2/c1-11-2-3-14-16-12(8-15(20)18(14)9-11)10-17-6-4-13(19)5-7-17/h2-3,8-9,13,19H,4-7,10H2,1H3. The molecular formula is C15H19N3O2. The van der Waals surface area contributed by atoms with Gasteiger partial charge in [0.1, 0.15) is 5.65 Å². The van der Waals surface area contributed by atoms with Crippen molar-refractivity contribution < 1.29 is 5.11 Å². The van der Waals surface area contributed by atoms with Gasteiger partial charge >= 0.3 is 0 Å². The van der Waals surface area contributed by atoms with Gasteiger partial charge in [-0.3, -0.25) is 14.1 Å². The number of likely N-dealkylation sites (tertiary alicyclic amines) is 1. The summed E-state index contributed by atoms with van der Waals surface area (Å²) in [6.45, 7) is 4.34. The van der Waals surface area contributed by atoms with E-state index in [0.29, 0.717) is 12.2 Å². The molecule has 2 aromatic heterocycles. The predicted octanol–water partition coefficient (Wildman–Crippen LogP) is 0.960. The van der Waals surface area contributed by atoms with E-state index < -0.39 is 0 Å². The molecule has 1 aliphatic heterocycles. The molecule has 5 nitrogen and oxygen atoms in total.